The number of hydrogen-bond donors (Lipinski definition) is 0. The van der Waals surface area contributed by atoms with Gasteiger partial charge in [-0.3, -0.25) is 4.79 Å². The van der Waals surface area contributed by atoms with Crippen molar-refractivity contribution in [3.63, 3.8) is 0 Å². The highest BCUT2D eigenvalue weighted by Crippen LogP contribution is 2.55. The molecule has 0 aromatic heterocycles. The van der Waals surface area contributed by atoms with E-state index in [1.54, 1.807) is 0 Å². The Balaban J connectivity index is 1.41. The minimum absolute atomic E-state index is 0.112. The van der Waals surface area contributed by atoms with Gasteiger partial charge in [0.25, 0.3) is 5.92 Å². The molecule has 0 spiro atoms. The SMILES string of the molecule is CC(F)(F)COCCCOC12CC3CC(C1)C(=O)C(C3)C2. The van der Waals surface area contributed by atoms with E-state index in [1.165, 1.54) is 0 Å². The molecule has 4 aliphatic carbocycles. The van der Waals surface area contributed by atoms with Crippen LogP contribution < -0.4 is 0 Å². The second kappa shape index (κ2) is 5.58. The number of Topliss-reactive ketones (excluding diaryl/α,β-unsaturated/α-hetero) is 1. The summed E-state index contributed by atoms with van der Waals surface area (Å²) in [4.78, 5) is 12.1. The predicted octanol–water partition coefficient (Wildman–Crippen LogP) is 3.21. The Kier molecular flexibility index (Phi) is 4.08. The summed E-state index contributed by atoms with van der Waals surface area (Å²) in [6.07, 6.45) is 5.54. The summed E-state index contributed by atoms with van der Waals surface area (Å²) in [6.45, 7) is 1.17. The third-order valence-electron chi connectivity index (χ3n) is 5.13. The Bertz CT molecular complexity index is 387. The van der Waals surface area contributed by atoms with Crippen molar-refractivity contribution in [3.8, 4) is 0 Å². The van der Waals surface area contributed by atoms with Crippen LogP contribution in [0.3, 0.4) is 0 Å². The molecule has 4 bridgehead atoms. The molecule has 4 saturated carbocycles. The average molecular weight is 302 g/mol. The first-order valence-corrected chi connectivity index (χ1v) is 8.00. The van der Waals surface area contributed by atoms with Crippen molar-refractivity contribution in [2.24, 2.45) is 17.8 Å². The Morgan fingerprint density at radius 2 is 1.86 bits per heavy atom. The molecule has 5 heteroatoms. The normalized spacial score (nSPS) is 38.2. The number of ketones is 1. The number of alkyl halides is 2. The maximum Gasteiger partial charge on any atom is 0.268 e. The highest BCUT2D eigenvalue weighted by molar-refractivity contribution is 5.85. The first-order valence-electron chi connectivity index (χ1n) is 8.00. The van der Waals surface area contributed by atoms with Crippen molar-refractivity contribution in [1.29, 1.82) is 0 Å². The standard InChI is InChI=1S/C16H24F2O3/c1-15(17,18)10-20-3-2-4-21-16-7-11-5-12(8-16)14(19)13(6-11)9-16/h11-13H,2-10H2,1H3. The van der Waals surface area contributed by atoms with E-state index in [9.17, 15) is 13.6 Å². The molecule has 0 aromatic carbocycles. The van der Waals surface area contributed by atoms with Crippen molar-refractivity contribution in [1.82, 2.24) is 0 Å². The molecule has 4 rings (SSSR count). The third kappa shape index (κ3) is 3.45. The molecule has 2 atom stereocenters. The number of hydrogen-bond acceptors (Lipinski definition) is 3. The van der Waals surface area contributed by atoms with Crippen LogP contribution in [-0.2, 0) is 14.3 Å². The van der Waals surface area contributed by atoms with Crippen molar-refractivity contribution >= 4 is 5.78 Å². The van der Waals surface area contributed by atoms with Gasteiger partial charge in [-0.1, -0.05) is 0 Å². The largest absolute Gasteiger partial charge is 0.375 e. The maximum atomic E-state index is 12.6. The van der Waals surface area contributed by atoms with E-state index in [-0.39, 0.29) is 17.4 Å². The van der Waals surface area contributed by atoms with Crippen LogP contribution in [0.15, 0.2) is 0 Å². The molecule has 120 valence electrons. The summed E-state index contributed by atoms with van der Waals surface area (Å²) in [5, 5.41) is 0. The topological polar surface area (TPSA) is 35.5 Å². The molecule has 2 unspecified atom stereocenters. The van der Waals surface area contributed by atoms with Crippen molar-refractivity contribution in [3.05, 3.63) is 0 Å². The van der Waals surface area contributed by atoms with E-state index in [2.05, 4.69) is 0 Å². The number of carbonyl (C=O) groups is 1. The van der Waals surface area contributed by atoms with Gasteiger partial charge in [-0.05, 0) is 44.4 Å². The zero-order chi connectivity index (χ0) is 15.1. The monoisotopic (exact) mass is 302 g/mol. The van der Waals surface area contributed by atoms with Crippen LogP contribution in [0.5, 0.6) is 0 Å². The molecule has 3 nitrogen and oxygen atoms in total. The third-order valence-corrected chi connectivity index (χ3v) is 5.13. The number of ether oxygens (including phenoxy) is 2. The molecule has 0 aromatic rings. The van der Waals surface area contributed by atoms with Gasteiger partial charge in [-0.15, -0.1) is 0 Å². The summed E-state index contributed by atoms with van der Waals surface area (Å²) in [5.74, 6) is -1.23. The molecule has 0 N–H and O–H groups in total. The average Bonchev–Trinajstić information content (AvgIpc) is 2.38. The quantitative estimate of drug-likeness (QED) is 0.677. The van der Waals surface area contributed by atoms with Crippen LogP contribution in [0, 0.1) is 17.8 Å². The second-order valence-corrected chi connectivity index (χ2v) is 7.25. The van der Waals surface area contributed by atoms with Gasteiger partial charge in [-0.2, -0.15) is 0 Å². The highest BCUT2D eigenvalue weighted by Gasteiger charge is 2.55. The van der Waals surface area contributed by atoms with Gasteiger partial charge in [-0.25, -0.2) is 8.78 Å². The zero-order valence-electron chi connectivity index (χ0n) is 12.6. The van der Waals surface area contributed by atoms with Gasteiger partial charge in [0.15, 0.2) is 0 Å². The molecule has 0 saturated heterocycles. The lowest BCUT2D eigenvalue weighted by atomic mass is 9.53. The molecular formula is C16H24F2O3. The van der Waals surface area contributed by atoms with Crippen LogP contribution in [0.4, 0.5) is 8.78 Å². The summed E-state index contributed by atoms with van der Waals surface area (Å²) in [5.41, 5.74) is -0.112. The number of carbonyl (C=O) groups excluding carboxylic acids is 1. The lowest BCUT2D eigenvalue weighted by Crippen LogP contribution is -2.56. The molecule has 0 amide bonds. The lowest BCUT2D eigenvalue weighted by Gasteiger charge is -2.55. The van der Waals surface area contributed by atoms with Crippen LogP contribution in [-0.4, -0.2) is 37.1 Å². The van der Waals surface area contributed by atoms with Gasteiger partial charge in [0, 0.05) is 32.0 Å². The van der Waals surface area contributed by atoms with E-state index in [4.69, 9.17) is 9.47 Å². The molecule has 0 aliphatic heterocycles. The smallest absolute Gasteiger partial charge is 0.268 e. The van der Waals surface area contributed by atoms with Gasteiger partial charge in [0.1, 0.15) is 12.4 Å². The fourth-order valence-electron chi connectivity index (χ4n) is 4.55. The summed E-state index contributed by atoms with van der Waals surface area (Å²) in [6, 6.07) is 0. The van der Waals surface area contributed by atoms with Crippen LogP contribution >= 0.6 is 0 Å². The molecular weight excluding hydrogens is 278 g/mol. The van der Waals surface area contributed by atoms with E-state index >= 15 is 0 Å². The van der Waals surface area contributed by atoms with Gasteiger partial charge in [0.2, 0.25) is 0 Å². The molecule has 0 radical (unpaired) electrons. The fourth-order valence-corrected chi connectivity index (χ4v) is 4.55. The fraction of sp³-hybridized carbons (Fsp3) is 0.938. The molecule has 21 heavy (non-hydrogen) atoms. The van der Waals surface area contributed by atoms with E-state index < -0.39 is 12.5 Å². The second-order valence-electron chi connectivity index (χ2n) is 7.25. The molecule has 4 aliphatic rings. The van der Waals surface area contributed by atoms with Crippen molar-refractivity contribution < 1.29 is 23.0 Å². The predicted molar refractivity (Wildman–Crippen MR) is 73.3 cm³/mol. The highest BCUT2D eigenvalue weighted by atomic mass is 19.3. The van der Waals surface area contributed by atoms with Gasteiger partial charge < -0.3 is 9.47 Å². The molecule has 0 heterocycles. The summed E-state index contributed by atoms with van der Waals surface area (Å²) in [7, 11) is 0. The van der Waals surface area contributed by atoms with E-state index in [0.717, 1.165) is 39.0 Å². The maximum absolute atomic E-state index is 12.6. The van der Waals surface area contributed by atoms with Gasteiger partial charge >= 0.3 is 0 Å². The Morgan fingerprint density at radius 3 is 2.48 bits per heavy atom. The number of rotatable bonds is 7. The van der Waals surface area contributed by atoms with E-state index in [0.29, 0.717) is 31.3 Å². The first kappa shape index (κ1) is 15.3. The van der Waals surface area contributed by atoms with Crippen LogP contribution in [0.1, 0.15) is 45.4 Å². The van der Waals surface area contributed by atoms with Crippen molar-refractivity contribution in [2.45, 2.75) is 57.0 Å². The summed E-state index contributed by atoms with van der Waals surface area (Å²) >= 11 is 0. The van der Waals surface area contributed by atoms with Crippen LogP contribution in [0.2, 0.25) is 0 Å². The minimum Gasteiger partial charge on any atom is -0.375 e. The Morgan fingerprint density at radius 1 is 1.19 bits per heavy atom. The van der Waals surface area contributed by atoms with Gasteiger partial charge in [0.05, 0.1) is 5.60 Å². The number of halogens is 2. The van der Waals surface area contributed by atoms with Crippen molar-refractivity contribution in [2.75, 3.05) is 19.8 Å². The van der Waals surface area contributed by atoms with Crippen LogP contribution in [0.25, 0.3) is 0 Å². The summed E-state index contributed by atoms with van der Waals surface area (Å²) < 4.78 is 36.2. The van der Waals surface area contributed by atoms with E-state index in [1.807, 2.05) is 0 Å². The Labute approximate surface area is 124 Å². The lowest BCUT2D eigenvalue weighted by molar-refractivity contribution is -0.177. The first-order chi connectivity index (χ1) is 9.87. The molecule has 4 fully saturated rings. The zero-order valence-corrected chi connectivity index (χ0v) is 12.6. The minimum atomic E-state index is -2.76. The Hall–Kier alpha value is -0.550.